The molecule has 2 N–H and O–H groups in total. The van der Waals surface area contributed by atoms with Gasteiger partial charge in [0.05, 0.1) is 17.6 Å². The minimum absolute atomic E-state index is 0.133. The standard InChI is InChI=1S/C19H19N3O3/c23-18(20-12-13-25-14-6-2-1-3-7-14)11-10-17-19(24)22-16-9-5-4-8-15(16)21-17/h1-9H,10-13H2,(H,20,23)(H,22,24). The van der Waals surface area contributed by atoms with Gasteiger partial charge in [0.1, 0.15) is 18.1 Å². The Morgan fingerprint density at radius 2 is 1.84 bits per heavy atom. The van der Waals surface area contributed by atoms with Crippen molar-refractivity contribution in [3.05, 3.63) is 70.6 Å². The Bertz CT molecular complexity index is 906. The Morgan fingerprint density at radius 1 is 1.08 bits per heavy atom. The summed E-state index contributed by atoms with van der Waals surface area (Å²) in [6, 6.07) is 16.7. The topological polar surface area (TPSA) is 84.1 Å². The van der Waals surface area contributed by atoms with Crippen molar-refractivity contribution in [2.45, 2.75) is 12.8 Å². The van der Waals surface area contributed by atoms with E-state index in [1.54, 1.807) is 6.07 Å². The molecule has 0 radical (unpaired) electrons. The first-order valence-electron chi connectivity index (χ1n) is 8.15. The van der Waals surface area contributed by atoms with E-state index in [9.17, 15) is 9.59 Å². The number of carbonyl (C=O) groups is 1. The second-order valence-corrected chi connectivity index (χ2v) is 5.54. The maximum atomic E-state index is 12.0. The number of carbonyl (C=O) groups excluding carboxylic acids is 1. The van der Waals surface area contributed by atoms with E-state index in [0.29, 0.717) is 36.3 Å². The minimum Gasteiger partial charge on any atom is -0.492 e. The van der Waals surface area contributed by atoms with E-state index in [4.69, 9.17) is 4.74 Å². The number of H-pyrrole nitrogens is 1. The van der Waals surface area contributed by atoms with E-state index in [-0.39, 0.29) is 17.9 Å². The van der Waals surface area contributed by atoms with Gasteiger partial charge in [0, 0.05) is 12.8 Å². The third-order valence-electron chi connectivity index (χ3n) is 3.69. The van der Waals surface area contributed by atoms with E-state index < -0.39 is 0 Å². The lowest BCUT2D eigenvalue weighted by atomic mass is 10.2. The fourth-order valence-electron chi connectivity index (χ4n) is 2.43. The molecule has 0 aliphatic heterocycles. The Hall–Kier alpha value is -3.15. The highest BCUT2D eigenvalue weighted by Crippen LogP contribution is 2.08. The molecule has 6 nitrogen and oxygen atoms in total. The number of aryl methyl sites for hydroxylation is 1. The number of aromatic nitrogens is 2. The first kappa shape index (κ1) is 16.7. The molecule has 0 fully saturated rings. The van der Waals surface area contributed by atoms with Gasteiger partial charge in [-0.2, -0.15) is 0 Å². The lowest BCUT2D eigenvalue weighted by Crippen LogP contribution is -2.29. The molecule has 2 aromatic carbocycles. The molecule has 128 valence electrons. The third kappa shape index (κ3) is 4.67. The van der Waals surface area contributed by atoms with E-state index >= 15 is 0 Å². The van der Waals surface area contributed by atoms with Gasteiger partial charge in [0.2, 0.25) is 5.91 Å². The summed E-state index contributed by atoms with van der Waals surface area (Å²) in [5.41, 5.74) is 1.53. The number of fused-ring (bicyclic) bond motifs is 1. The summed E-state index contributed by atoms with van der Waals surface area (Å²) in [5.74, 6) is 0.634. The van der Waals surface area contributed by atoms with E-state index in [1.165, 1.54) is 0 Å². The number of hydrogen-bond donors (Lipinski definition) is 2. The van der Waals surface area contributed by atoms with Crippen LogP contribution in [0.5, 0.6) is 5.75 Å². The number of amides is 1. The van der Waals surface area contributed by atoms with Gasteiger partial charge in [-0.15, -0.1) is 0 Å². The minimum atomic E-state index is -0.251. The molecule has 0 unspecified atom stereocenters. The number of nitrogens with one attached hydrogen (secondary N) is 2. The SMILES string of the molecule is O=C(CCc1nc2ccccc2[nH]c1=O)NCCOc1ccccc1. The van der Waals surface area contributed by atoms with Gasteiger partial charge in [0.25, 0.3) is 5.56 Å². The van der Waals surface area contributed by atoms with Crippen LogP contribution in [-0.2, 0) is 11.2 Å². The summed E-state index contributed by atoms with van der Waals surface area (Å²) < 4.78 is 5.50. The van der Waals surface area contributed by atoms with Crippen LogP contribution in [0.1, 0.15) is 12.1 Å². The molecule has 1 aromatic heterocycles. The molecule has 0 aliphatic rings. The Balaban J connectivity index is 1.46. The fourth-order valence-corrected chi connectivity index (χ4v) is 2.43. The summed E-state index contributed by atoms with van der Waals surface area (Å²) in [7, 11) is 0. The second-order valence-electron chi connectivity index (χ2n) is 5.54. The number of ether oxygens (including phenoxy) is 1. The zero-order valence-corrected chi connectivity index (χ0v) is 13.7. The van der Waals surface area contributed by atoms with Crippen LogP contribution in [0.15, 0.2) is 59.4 Å². The number of benzene rings is 2. The molecule has 0 saturated heterocycles. The molecule has 1 amide bonds. The van der Waals surface area contributed by atoms with Crippen molar-refractivity contribution in [1.82, 2.24) is 15.3 Å². The summed E-state index contributed by atoms with van der Waals surface area (Å²) >= 11 is 0. The van der Waals surface area contributed by atoms with Crippen LogP contribution in [0.25, 0.3) is 11.0 Å². The Kier molecular flexibility index (Phi) is 5.41. The van der Waals surface area contributed by atoms with E-state index in [2.05, 4.69) is 15.3 Å². The van der Waals surface area contributed by atoms with Crippen LogP contribution in [0, 0.1) is 0 Å². The van der Waals surface area contributed by atoms with Crippen LogP contribution < -0.4 is 15.6 Å². The lowest BCUT2D eigenvalue weighted by Gasteiger charge is -2.07. The summed E-state index contributed by atoms with van der Waals surface area (Å²) in [5, 5.41) is 2.78. The number of hydrogen-bond acceptors (Lipinski definition) is 4. The monoisotopic (exact) mass is 337 g/mol. The fraction of sp³-hybridized carbons (Fsp3) is 0.211. The van der Waals surface area contributed by atoms with Gasteiger partial charge in [-0.25, -0.2) is 4.98 Å². The summed E-state index contributed by atoms with van der Waals surface area (Å²) in [6.07, 6.45) is 0.505. The first-order valence-corrected chi connectivity index (χ1v) is 8.15. The molecular weight excluding hydrogens is 318 g/mol. The maximum Gasteiger partial charge on any atom is 0.270 e. The molecule has 6 heteroatoms. The first-order chi connectivity index (χ1) is 12.2. The molecule has 0 saturated carbocycles. The normalized spacial score (nSPS) is 10.6. The van der Waals surface area contributed by atoms with Crippen molar-refractivity contribution in [1.29, 1.82) is 0 Å². The molecule has 3 aromatic rings. The zero-order chi connectivity index (χ0) is 17.5. The molecule has 0 bridgehead atoms. The number of nitrogens with zero attached hydrogens (tertiary/aromatic N) is 1. The van der Waals surface area contributed by atoms with Crippen LogP contribution in [0.4, 0.5) is 0 Å². The number of aromatic amines is 1. The predicted molar refractivity (Wildman–Crippen MR) is 95.6 cm³/mol. The van der Waals surface area contributed by atoms with Gasteiger partial charge in [0.15, 0.2) is 0 Å². The second kappa shape index (κ2) is 8.10. The lowest BCUT2D eigenvalue weighted by molar-refractivity contribution is -0.121. The molecule has 0 atom stereocenters. The van der Waals surface area contributed by atoms with Gasteiger partial charge in [-0.3, -0.25) is 9.59 Å². The van der Waals surface area contributed by atoms with Crippen LogP contribution in [0.2, 0.25) is 0 Å². The van der Waals surface area contributed by atoms with Gasteiger partial charge < -0.3 is 15.0 Å². The maximum absolute atomic E-state index is 12.0. The highest BCUT2D eigenvalue weighted by Gasteiger charge is 2.08. The predicted octanol–water partition coefficient (Wildman–Crippen LogP) is 2.05. The van der Waals surface area contributed by atoms with Crippen LogP contribution >= 0.6 is 0 Å². The van der Waals surface area contributed by atoms with Crippen molar-refractivity contribution >= 4 is 16.9 Å². The summed E-state index contributed by atoms with van der Waals surface area (Å²) in [6.45, 7) is 0.805. The van der Waals surface area contributed by atoms with Crippen molar-refractivity contribution in [3.63, 3.8) is 0 Å². The summed E-state index contributed by atoms with van der Waals surface area (Å²) in [4.78, 5) is 31.0. The van der Waals surface area contributed by atoms with Gasteiger partial charge in [-0.05, 0) is 24.3 Å². The van der Waals surface area contributed by atoms with Crippen LogP contribution in [0.3, 0.4) is 0 Å². The van der Waals surface area contributed by atoms with Crippen LogP contribution in [-0.4, -0.2) is 29.0 Å². The molecular formula is C19H19N3O3. The average molecular weight is 337 g/mol. The van der Waals surface area contributed by atoms with Gasteiger partial charge >= 0.3 is 0 Å². The van der Waals surface area contributed by atoms with Crippen molar-refractivity contribution in [2.75, 3.05) is 13.2 Å². The average Bonchev–Trinajstić information content (AvgIpc) is 2.64. The van der Waals surface area contributed by atoms with Gasteiger partial charge in [-0.1, -0.05) is 30.3 Å². The molecule has 3 rings (SSSR count). The Labute approximate surface area is 144 Å². The zero-order valence-electron chi connectivity index (χ0n) is 13.7. The highest BCUT2D eigenvalue weighted by atomic mass is 16.5. The van der Waals surface area contributed by atoms with E-state index in [0.717, 1.165) is 5.75 Å². The number of rotatable bonds is 7. The molecule has 0 spiro atoms. The van der Waals surface area contributed by atoms with Crippen molar-refractivity contribution < 1.29 is 9.53 Å². The van der Waals surface area contributed by atoms with Crippen molar-refractivity contribution in [2.24, 2.45) is 0 Å². The quantitative estimate of drug-likeness (QED) is 0.646. The third-order valence-corrected chi connectivity index (χ3v) is 3.69. The largest absolute Gasteiger partial charge is 0.492 e. The van der Waals surface area contributed by atoms with E-state index in [1.807, 2.05) is 48.5 Å². The number of para-hydroxylation sites is 3. The molecule has 0 aliphatic carbocycles. The Morgan fingerprint density at radius 3 is 2.68 bits per heavy atom. The molecule has 25 heavy (non-hydrogen) atoms. The molecule has 1 heterocycles. The smallest absolute Gasteiger partial charge is 0.270 e. The highest BCUT2D eigenvalue weighted by molar-refractivity contribution is 5.76. The van der Waals surface area contributed by atoms with Crippen molar-refractivity contribution in [3.8, 4) is 5.75 Å².